The van der Waals surface area contributed by atoms with E-state index in [0.717, 1.165) is 39.8 Å². The van der Waals surface area contributed by atoms with Gasteiger partial charge in [-0.25, -0.2) is 9.97 Å². The quantitative estimate of drug-likeness (QED) is 0.265. The van der Waals surface area contributed by atoms with Gasteiger partial charge < -0.3 is 9.15 Å². The molecule has 0 saturated carbocycles. The van der Waals surface area contributed by atoms with Crippen molar-refractivity contribution in [1.29, 1.82) is 0 Å². The highest BCUT2D eigenvalue weighted by Crippen LogP contribution is 2.49. The Kier molecular flexibility index (Phi) is 4.79. The Morgan fingerprint density at radius 3 is 2.65 bits per heavy atom. The molecule has 5 aromatic rings. The van der Waals surface area contributed by atoms with Crippen molar-refractivity contribution in [3.63, 3.8) is 0 Å². The summed E-state index contributed by atoms with van der Waals surface area (Å²) in [6.07, 6.45) is 2.83. The van der Waals surface area contributed by atoms with Crippen LogP contribution in [0.25, 0.3) is 43.4 Å². The van der Waals surface area contributed by atoms with Crippen LogP contribution < -0.4 is 4.74 Å². The molecule has 0 spiro atoms. The zero-order valence-electron chi connectivity index (χ0n) is 20.6. The molecule has 2 unspecified atom stereocenters. The lowest BCUT2D eigenvalue weighted by Crippen LogP contribution is -2.15. The van der Waals surface area contributed by atoms with Gasteiger partial charge in [-0.1, -0.05) is 34.6 Å². The molecule has 2 aromatic carbocycles. The van der Waals surface area contributed by atoms with Crippen molar-refractivity contribution in [3.05, 3.63) is 53.2 Å². The number of hydrogen-bond acceptors (Lipinski definition) is 5. The first-order valence-electron chi connectivity index (χ1n) is 12.1. The fourth-order valence-corrected chi connectivity index (χ4v) is 6.61. The molecule has 4 nitrogen and oxygen atoms in total. The number of thiophene rings is 1. The Labute approximate surface area is 204 Å². The van der Waals surface area contributed by atoms with E-state index >= 15 is 0 Å². The molecular weight excluding hydrogens is 440 g/mol. The molecule has 1 aliphatic heterocycles. The second-order valence-corrected chi connectivity index (χ2v) is 11.9. The lowest BCUT2D eigenvalue weighted by Gasteiger charge is -2.21. The maximum Gasteiger partial charge on any atom is 0.230 e. The Balaban J connectivity index is 1.68. The summed E-state index contributed by atoms with van der Waals surface area (Å²) in [4.78, 5) is 9.38. The summed E-state index contributed by atoms with van der Waals surface area (Å²) in [5, 5.41) is 5.54. The van der Waals surface area contributed by atoms with Gasteiger partial charge in [0.05, 0.1) is 11.1 Å². The average molecular weight is 471 g/mol. The standard InChI is InChI=1S/C29H30N2O2S/c1-15(2)11-19-16(3)32-21-7-8-22-24(23(19)21)25-26(30-14-31-28(25)33-22)18-12-17-9-10-34-27(17)20(13-18)29(4,5)6/h7-10,12-16,19H,11H2,1-6H3. The first-order valence-corrected chi connectivity index (χ1v) is 13.0. The third kappa shape index (κ3) is 3.24. The van der Waals surface area contributed by atoms with Crippen molar-refractivity contribution in [2.45, 2.75) is 65.4 Å². The number of nitrogens with zero attached hydrogens (tertiary/aromatic N) is 2. The molecule has 174 valence electrons. The van der Waals surface area contributed by atoms with E-state index in [1.807, 2.05) is 17.4 Å². The van der Waals surface area contributed by atoms with Crippen LogP contribution in [0.3, 0.4) is 0 Å². The van der Waals surface area contributed by atoms with Gasteiger partial charge in [0.15, 0.2) is 0 Å². The number of ether oxygens (including phenoxy) is 1. The van der Waals surface area contributed by atoms with Crippen LogP contribution in [0.2, 0.25) is 0 Å². The van der Waals surface area contributed by atoms with Crippen LogP contribution in [-0.2, 0) is 5.41 Å². The van der Waals surface area contributed by atoms with E-state index < -0.39 is 0 Å². The van der Waals surface area contributed by atoms with E-state index in [2.05, 4.69) is 76.2 Å². The van der Waals surface area contributed by atoms with Crippen LogP contribution in [-0.4, -0.2) is 16.1 Å². The molecule has 3 aromatic heterocycles. The van der Waals surface area contributed by atoms with Gasteiger partial charge in [-0.3, -0.25) is 0 Å². The maximum absolute atomic E-state index is 6.32. The van der Waals surface area contributed by atoms with Crippen molar-refractivity contribution >= 4 is 43.5 Å². The predicted octanol–water partition coefficient (Wildman–Crippen LogP) is 8.47. The fourth-order valence-electron chi connectivity index (χ4n) is 5.50. The van der Waals surface area contributed by atoms with Crippen LogP contribution >= 0.6 is 11.3 Å². The SMILES string of the molecule is CC(C)CC1c2c(ccc3oc4ncnc(-c5cc(C(C)(C)C)c6sccc6c5)c4c23)OC1C. The summed E-state index contributed by atoms with van der Waals surface area (Å²) in [5.41, 5.74) is 6.15. The molecule has 34 heavy (non-hydrogen) atoms. The van der Waals surface area contributed by atoms with Gasteiger partial charge in [0, 0.05) is 27.1 Å². The van der Waals surface area contributed by atoms with Crippen LogP contribution in [0.5, 0.6) is 5.75 Å². The van der Waals surface area contributed by atoms with E-state index in [4.69, 9.17) is 14.1 Å². The van der Waals surface area contributed by atoms with Gasteiger partial charge >= 0.3 is 0 Å². The molecular formula is C29H30N2O2S. The molecule has 4 heterocycles. The largest absolute Gasteiger partial charge is 0.490 e. The van der Waals surface area contributed by atoms with Crippen LogP contribution in [0.15, 0.2) is 46.5 Å². The number of aromatic nitrogens is 2. The van der Waals surface area contributed by atoms with Crippen LogP contribution in [0.4, 0.5) is 0 Å². The molecule has 0 radical (unpaired) electrons. The highest BCUT2D eigenvalue weighted by atomic mass is 32.1. The van der Waals surface area contributed by atoms with Crippen molar-refractivity contribution in [2.75, 3.05) is 0 Å². The van der Waals surface area contributed by atoms with Crippen molar-refractivity contribution in [1.82, 2.24) is 9.97 Å². The molecule has 0 saturated heterocycles. The Bertz CT molecular complexity index is 1550. The Morgan fingerprint density at radius 2 is 1.88 bits per heavy atom. The second-order valence-electron chi connectivity index (χ2n) is 11.0. The summed E-state index contributed by atoms with van der Waals surface area (Å²) in [5.74, 6) is 1.85. The van der Waals surface area contributed by atoms with E-state index in [9.17, 15) is 0 Å². The zero-order valence-corrected chi connectivity index (χ0v) is 21.4. The number of fused-ring (bicyclic) bond motifs is 6. The van der Waals surface area contributed by atoms with Crippen LogP contribution in [0, 0.1) is 5.92 Å². The molecule has 0 N–H and O–H groups in total. The zero-order chi connectivity index (χ0) is 23.8. The fraction of sp³-hybridized carbons (Fsp3) is 0.379. The first kappa shape index (κ1) is 21.6. The smallest absolute Gasteiger partial charge is 0.230 e. The summed E-state index contributed by atoms with van der Waals surface area (Å²) < 4.78 is 14.0. The molecule has 0 fully saturated rings. The maximum atomic E-state index is 6.32. The Morgan fingerprint density at radius 1 is 1.06 bits per heavy atom. The topological polar surface area (TPSA) is 48.2 Å². The second kappa shape index (κ2) is 7.54. The normalized spacial score (nSPS) is 18.3. The number of benzene rings is 2. The molecule has 5 heteroatoms. The molecule has 2 atom stereocenters. The van der Waals surface area contributed by atoms with Gasteiger partial charge in [0.1, 0.15) is 23.8 Å². The van der Waals surface area contributed by atoms with Crippen molar-refractivity contribution < 1.29 is 9.15 Å². The number of furan rings is 1. The number of hydrogen-bond donors (Lipinski definition) is 0. The van der Waals surface area contributed by atoms with Crippen molar-refractivity contribution in [2.24, 2.45) is 5.92 Å². The highest BCUT2D eigenvalue weighted by molar-refractivity contribution is 7.17. The van der Waals surface area contributed by atoms with Gasteiger partial charge in [0.25, 0.3) is 0 Å². The van der Waals surface area contributed by atoms with Gasteiger partial charge in [-0.2, -0.15) is 0 Å². The minimum atomic E-state index is 0.0244. The van der Waals surface area contributed by atoms with E-state index in [-0.39, 0.29) is 11.5 Å². The summed E-state index contributed by atoms with van der Waals surface area (Å²) in [6.45, 7) is 13.6. The number of rotatable bonds is 3. The summed E-state index contributed by atoms with van der Waals surface area (Å²) in [6, 6.07) is 10.9. The minimum absolute atomic E-state index is 0.0244. The average Bonchev–Trinajstić information content (AvgIpc) is 3.47. The minimum Gasteiger partial charge on any atom is -0.490 e. The predicted molar refractivity (Wildman–Crippen MR) is 141 cm³/mol. The molecule has 0 amide bonds. The first-order chi connectivity index (χ1) is 16.2. The highest BCUT2D eigenvalue weighted by Gasteiger charge is 2.35. The van der Waals surface area contributed by atoms with Crippen LogP contribution in [0.1, 0.15) is 65.0 Å². The lowest BCUT2D eigenvalue weighted by molar-refractivity contribution is 0.214. The molecule has 1 aliphatic rings. The molecule has 0 bridgehead atoms. The Hall–Kier alpha value is -2.92. The van der Waals surface area contributed by atoms with E-state index in [0.29, 0.717) is 17.5 Å². The van der Waals surface area contributed by atoms with E-state index in [1.165, 1.54) is 21.2 Å². The monoisotopic (exact) mass is 470 g/mol. The third-order valence-electron chi connectivity index (χ3n) is 7.04. The van der Waals surface area contributed by atoms with Gasteiger partial charge in [-0.05, 0) is 71.3 Å². The van der Waals surface area contributed by atoms with Gasteiger partial charge in [-0.15, -0.1) is 11.3 Å². The van der Waals surface area contributed by atoms with Gasteiger partial charge in [0.2, 0.25) is 5.71 Å². The van der Waals surface area contributed by atoms with Crippen molar-refractivity contribution in [3.8, 4) is 17.0 Å². The summed E-state index contributed by atoms with van der Waals surface area (Å²) in [7, 11) is 0. The lowest BCUT2D eigenvalue weighted by atomic mass is 9.84. The molecule has 6 rings (SSSR count). The molecule has 0 aliphatic carbocycles. The van der Waals surface area contributed by atoms with E-state index in [1.54, 1.807) is 6.33 Å². The third-order valence-corrected chi connectivity index (χ3v) is 8.01. The summed E-state index contributed by atoms with van der Waals surface area (Å²) >= 11 is 1.81.